The van der Waals surface area contributed by atoms with E-state index in [1.165, 1.54) is 6.33 Å². The Morgan fingerprint density at radius 1 is 1.47 bits per heavy atom. The summed E-state index contributed by atoms with van der Waals surface area (Å²) in [6, 6.07) is 2.44. The average molecular weight is 233 g/mol. The predicted octanol–water partition coefficient (Wildman–Crippen LogP) is 1.02. The number of rotatable bonds is 3. The molecule has 6 heteroatoms. The summed E-state index contributed by atoms with van der Waals surface area (Å²) in [5, 5.41) is 7.61. The monoisotopic (exact) mass is 233 g/mol. The lowest BCUT2D eigenvalue weighted by Gasteiger charge is -2.35. The first-order valence-corrected chi connectivity index (χ1v) is 5.73. The smallest absolute Gasteiger partial charge is 0.254 e. The molecule has 0 unspecified atom stereocenters. The van der Waals surface area contributed by atoms with Gasteiger partial charge in [0.15, 0.2) is 0 Å². The van der Waals surface area contributed by atoms with Crippen LogP contribution in [0.4, 0.5) is 5.82 Å². The third-order valence-electron chi connectivity index (χ3n) is 3.16. The van der Waals surface area contributed by atoms with Crippen LogP contribution in [0.1, 0.15) is 18.5 Å². The molecule has 6 nitrogen and oxygen atoms in total. The van der Waals surface area contributed by atoms with Gasteiger partial charge in [0, 0.05) is 24.9 Å². The van der Waals surface area contributed by atoms with Crippen LogP contribution in [0.25, 0.3) is 5.78 Å². The number of hydrogen-bond acceptors (Lipinski definition) is 5. The van der Waals surface area contributed by atoms with Gasteiger partial charge in [0.2, 0.25) is 0 Å². The van der Waals surface area contributed by atoms with E-state index in [-0.39, 0.29) is 0 Å². The highest BCUT2D eigenvalue weighted by Crippen LogP contribution is 2.26. The van der Waals surface area contributed by atoms with Gasteiger partial charge in [0.25, 0.3) is 5.78 Å². The number of hydrogen-bond donors (Lipinski definition) is 1. The Kier molecular flexibility index (Phi) is 2.44. The minimum absolute atomic E-state index is 0.390. The number of nitrogens with zero attached hydrogens (tertiary/aromatic N) is 4. The van der Waals surface area contributed by atoms with Crippen molar-refractivity contribution >= 4 is 11.6 Å². The van der Waals surface area contributed by atoms with Crippen LogP contribution in [0, 0.1) is 6.92 Å². The number of methoxy groups -OCH3 is 1. The Morgan fingerprint density at radius 2 is 2.29 bits per heavy atom. The zero-order chi connectivity index (χ0) is 11.8. The summed E-state index contributed by atoms with van der Waals surface area (Å²) in [5.74, 6) is 1.58. The normalized spacial score (nSPS) is 23.6. The Bertz CT molecular complexity index is 532. The van der Waals surface area contributed by atoms with E-state index in [1.54, 1.807) is 11.6 Å². The highest BCUT2D eigenvalue weighted by molar-refractivity contribution is 5.45. The molecule has 1 N–H and O–H groups in total. The maximum absolute atomic E-state index is 5.26. The van der Waals surface area contributed by atoms with Crippen molar-refractivity contribution < 1.29 is 4.74 Å². The molecule has 90 valence electrons. The maximum Gasteiger partial charge on any atom is 0.254 e. The SMILES string of the molecule is COC1CC(Nc2cc(C)nc3ncnn23)C1. The fourth-order valence-electron chi connectivity index (χ4n) is 2.12. The highest BCUT2D eigenvalue weighted by atomic mass is 16.5. The number of ether oxygens (including phenoxy) is 1. The molecule has 0 saturated heterocycles. The third kappa shape index (κ3) is 1.84. The Balaban J connectivity index is 1.83. The minimum atomic E-state index is 0.390. The van der Waals surface area contributed by atoms with E-state index in [9.17, 15) is 0 Å². The lowest BCUT2D eigenvalue weighted by Crippen LogP contribution is -2.40. The van der Waals surface area contributed by atoms with Gasteiger partial charge in [-0.3, -0.25) is 0 Å². The molecule has 0 spiro atoms. The number of fused-ring (bicyclic) bond motifs is 1. The molecule has 1 fully saturated rings. The van der Waals surface area contributed by atoms with E-state index in [0.717, 1.165) is 24.4 Å². The molecule has 1 saturated carbocycles. The molecule has 2 heterocycles. The second-order valence-electron chi connectivity index (χ2n) is 4.42. The Morgan fingerprint density at radius 3 is 3.06 bits per heavy atom. The third-order valence-corrected chi connectivity index (χ3v) is 3.16. The van der Waals surface area contributed by atoms with Crippen LogP contribution in [0.15, 0.2) is 12.4 Å². The topological polar surface area (TPSA) is 64.3 Å². The van der Waals surface area contributed by atoms with E-state index in [4.69, 9.17) is 4.74 Å². The van der Waals surface area contributed by atoms with Crippen molar-refractivity contribution in [3.8, 4) is 0 Å². The van der Waals surface area contributed by atoms with E-state index in [2.05, 4.69) is 20.4 Å². The zero-order valence-corrected chi connectivity index (χ0v) is 9.92. The molecule has 3 rings (SSSR count). The minimum Gasteiger partial charge on any atom is -0.381 e. The van der Waals surface area contributed by atoms with Crippen LogP contribution >= 0.6 is 0 Å². The summed E-state index contributed by atoms with van der Waals surface area (Å²) in [5.41, 5.74) is 0.940. The van der Waals surface area contributed by atoms with Crippen molar-refractivity contribution in [2.45, 2.75) is 31.9 Å². The maximum atomic E-state index is 5.26. The molecule has 0 amide bonds. The van der Waals surface area contributed by atoms with Crippen LogP contribution in [-0.4, -0.2) is 38.8 Å². The quantitative estimate of drug-likeness (QED) is 0.857. The van der Waals surface area contributed by atoms with Crippen molar-refractivity contribution in [1.29, 1.82) is 0 Å². The van der Waals surface area contributed by atoms with E-state index in [1.807, 2.05) is 13.0 Å². The van der Waals surface area contributed by atoms with Gasteiger partial charge >= 0.3 is 0 Å². The molecule has 0 atom stereocenters. The van der Waals surface area contributed by atoms with Gasteiger partial charge in [0.05, 0.1) is 6.10 Å². The molecule has 1 aliphatic carbocycles. The molecule has 2 aromatic heterocycles. The van der Waals surface area contributed by atoms with Crippen molar-refractivity contribution in [3.63, 3.8) is 0 Å². The summed E-state index contributed by atoms with van der Waals surface area (Å²) in [7, 11) is 1.76. The van der Waals surface area contributed by atoms with Gasteiger partial charge in [-0.15, -0.1) is 0 Å². The molecule has 1 aliphatic rings. The lowest BCUT2D eigenvalue weighted by atomic mass is 9.89. The zero-order valence-electron chi connectivity index (χ0n) is 9.92. The summed E-state index contributed by atoms with van der Waals surface area (Å²) >= 11 is 0. The van der Waals surface area contributed by atoms with Gasteiger partial charge < -0.3 is 10.1 Å². The first kappa shape index (κ1) is 10.5. The second kappa shape index (κ2) is 3.96. The van der Waals surface area contributed by atoms with Gasteiger partial charge in [0.1, 0.15) is 12.1 Å². The van der Waals surface area contributed by atoms with Crippen LogP contribution in [0.5, 0.6) is 0 Å². The van der Waals surface area contributed by atoms with Gasteiger partial charge in [-0.05, 0) is 19.8 Å². The van der Waals surface area contributed by atoms with Crippen LogP contribution in [0.3, 0.4) is 0 Å². The largest absolute Gasteiger partial charge is 0.381 e. The van der Waals surface area contributed by atoms with E-state index in [0.29, 0.717) is 17.9 Å². The van der Waals surface area contributed by atoms with Crippen molar-refractivity contribution in [1.82, 2.24) is 19.6 Å². The second-order valence-corrected chi connectivity index (χ2v) is 4.42. The molecule has 17 heavy (non-hydrogen) atoms. The molecule has 0 aliphatic heterocycles. The Hall–Kier alpha value is -1.69. The summed E-state index contributed by atoms with van der Waals surface area (Å²) in [4.78, 5) is 8.40. The average Bonchev–Trinajstić information content (AvgIpc) is 2.70. The molecular formula is C11H15N5O. The first-order valence-electron chi connectivity index (χ1n) is 5.73. The van der Waals surface area contributed by atoms with Crippen molar-refractivity contribution in [3.05, 3.63) is 18.1 Å². The number of aromatic nitrogens is 4. The number of aryl methyl sites for hydroxylation is 1. The molecule has 2 aromatic rings. The standard InChI is InChI=1S/C11H15N5O/c1-7-3-10(15-8-4-9(5-8)17-2)16-11(14-7)12-6-13-16/h3,6,8-9,15H,4-5H2,1-2H3. The first-order chi connectivity index (χ1) is 8.26. The molecule has 0 bridgehead atoms. The number of nitrogens with one attached hydrogen (secondary N) is 1. The fourth-order valence-corrected chi connectivity index (χ4v) is 2.12. The summed E-state index contributed by atoms with van der Waals surface area (Å²) in [6.07, 6.45) is 3.98. The van der Waals surface area contributed by atoms with Crippen LogP contribution < -0.4 is 5.32 Å². The molecule has 0 radical (unpaired) electrons. The van der Waals surface area contributed by atoms with Crippen LogP contribution in [0.2, 0.25) is 0 Å². The van der Waals surface area contributed by atoms with E-state index < -0.39 is 0 Å². The highest BCUT2D eigenvalue weighted by Gasteiger charge is 2.29. The van der Waals surface area contributed by atoms with Gasteiger partial charge in [-0.1, -0.05) is 0 Å². The molecular weight excluding hydrogens is 218 g/mol. The predicted molar refractivity (Wildman–Crippen MR) is 63.0 cm³/mol. The fraction of sp³-hybridized carbons (Fsp3) is 0.545. The van der Waals surface area contributed by atoms with Crippen molar-refractivity contribution in [2.24, 2.45) is 0 Å². The number of anilines is 1. The van der Waals surface area contributed by atoms with Crippen molar-refractivity contribution in [2.75, 3.05) is 12.4 Å². The molecule has 0 aromatic carbocycles. The summed E-state index contributed by atoms with van der Waals surface area (Å²) < 4.78 is 6.99. The Labute approximate surface area is 99.0 Å². The van der Waals surface area contributed by atoms with E-state index >= 15 is 0 Å². The van der Waals surface area contributed by atoms with Gasteiger partial charge in [-0.25, -0.2) is 4.98 Å². The van der Waals surface area contributed by atoms with Gasteiger partial charge in [-0.2, -0.15) is 14.6 Å². The lowest BCUT2D eigenvalue weighted by molar-refractivity contribution is 0.0327. The van der Waals surface area contributed by atoms with Crippen LogP contribution in [-0.2, 0) is 4.74 Å². The summed E-state index contributed by atoms with van der Waals surface area (Å²) in [6.45, 7) is 1.96.